The summed E-state index contributed by atoms with van der Waals surface area (Å²) in [6.07, 6.45) is 0.486. The average Bonchev–Trinajstić information content (AvgIpc) is 2.73. The van der Waals surface area contributed by atoms with Crippen LogP contribution in [0, 0.1) is 0 Å². The van der Waals surface area contributed by atoms with Crippen molar-refractivity contribution < 1.29 is 9.53 Å². The molecule has 0 aromatic heterocycles. The van der Waals surface area contributed by atoms with E-state index in [1.807, 2.05) is 84.9 Å². The number of para-hydroxylation sites is 1. The molecule has 0 aliphatic rings. The van der Waals surface area contributed by atoms with E-state index in [1.54, 1.807) is 7.11 Å². The first kappa shape index (κ1) is 18.7. The van der Waals surface area contributed by atoms with Crippen LogP contribution in [0.1, 0.15) is 22.7 Å². The molecule has 0 bridgehead atoms. The van der Waals surface area contributed by atoms with Crippen LogP contribution in [0.3, 0.4) is 0 Å². The number of nitrogens with one attached hydrogen (secondary N) is 1. The molecule has 27 heavy (non-hydrogen) atoms. The largest absolute Gasteiger partial charge is 0.496 e. The van der Waals surface area contributed by atoms with Crippen LogP contribution in [0.25, 0.3) is 0 Å². The van der Waals surface area contributed by atoms with Crippen molar-refractivity contribution in [1.29, 1.82) is 0 Å². The van der Waals surface area contributed by atoms with Crippen LogP contribution in [0.4, 0.5) is 0 Å². The molecule has 0 heterocycles. The van der Waals surface area contributed by atoms with Crippen molar-refractivity contribution in [2.45, 2.75) is 18.5 Å². The zero-order valence-corrected chi connectivity index (χ0v) is 15.3. The first-order chi connectivity index (χ1) is 13.2. The van der Waals surface area contributed by atoms with Crippen molar-refractivity contribution in [3.8, 4) is 5.75 Å². The molecule has 1 amide bonds. The summed E-state index contributed by atoms with van der Waals surface area (Å²) in [4.78, 5) is 12.8. The Morgan fingerprint density at radius 2 is 1.52 bits per heavy atom. The molecule has 4 heteroatoms. The Balaban J connectivity index is 1.84. The summed E-state index contributed by atoms with van der Waals surface area (Å²) in [6, 6.07) is 26.3. The summed E-state index contributed by atoms with van der Waals surface area (Å²) < 4.78 is 5.50. The minimum absolute atomic E-state index is 0.196. The molecule has 0 saturated carbocycles. The van der Waals surface area contributed by atoms with Gasteiger partial charge >= 0.3 is 0 Å². The fourth-order valence-corrected chi connectivity index (χ4v) is 3.10. The number of nitrogens with two attached hydrogens (primary N) is 1. The molecular formula is C23H24N2O2. The van der Waals surface area contributed by atoms with Gasteiger partial charge in [-0.05, 0) is 23.6 Å². The molecule has 4 nitrogen and oxygen atoms in total. The maximum Gasteiger partial charge on any atom is 0.238 e. The minimum Gasteiger partial charge on any atom is -0.496 e. The van der Waals surface area contributed by atoms with Crippen LogP contribution >= 0.6 is 0 Å². The van der Waals surface area contributed by atoms with Crippen molar-refractivity contribution in [2.75, 3.05) is 7.11 Å². The quantitative estimate of drug-likeness (QED) is 0.678. The highest BCUT2D eigenvalue weighted by Crippen LogP contribution is 2.29. The van der Waals surface area contributed by atoms with E-state index in [0.29, 0.717) is 6.42 Å². The number of hydrogen-bond acceptors (Lipinski definition) is 3. The number of hydrogen-bond donors (Lipinski definition) is 2. The topological polar surface area (TPSA) is 64.3 Å². The standard InChI is InChI=1S/C23H24N2O2/c1-27-21-15-9-8-14-19(21)22(18-12-6-3-7-13-18)25-23(26)20(24)16-17-10-4-2-5-11-17/h2-15,20,22H,16,24H2,1H3,(H,25,26). The Kier molecular flexibility index (Phi) is 6.23. The van der Waals surface area contributed by atoms with Gasteiger partial charge in [0.15, 0.2) is 0 Å². The maximum absolute atomic E-state index is 12.8. The van der Waals surface area contributed by atoms with Crippen LogP contribution < -0.4 is 15.8 Å². The molecule has 3 rings (SSSR count). The van der Waals surface area contributed by atoms with Crippen LogP contribution in [-0.4, -0.2) is 19.1 Å². The molecule has 3 N–H and O–H groups in total. The van der Waals surface area contributed by atoms with Gasteiger partial charge in [0.25, 0.3) is 0 Å². The molecular weight excluding hydrogens is 336 g/mol. The number of carbonyl (C=O) groups is 1. The van der Waals surface area contributed by atoms with Crippen molar-refractivity contribution in [1.82, 2.24) is 5.32 Å². The maximum atomic E-state index is 12.8. The molecule has 0 aliphatic carbocycles. The van der Waals surface area contributed by atoms with E-state index in [-0.39, 0.29) is 11.9 Å². The fraction of sp³-hybridized carbons (Fsp3) is 0.174. The molecule has 0 aliphatic heterocycles. The van der Waals surface area contributed by atoms with E-state index in [0.717, 1.165) is 22.4 Å². The molecule has 0 radical (unpaired) electrons. The summed E-state index contributed by atoms with van der Waals surface area (Å²) in [5.74, 6) is 0.530. The number of amides is 1. The highest BCUT2D eigenvalue weighted by molar-refractivity contribution is 5.82. The van der Waals surface area contributed by atoms with Gasteiger partial charge in [-0.2, -0.15) is 0 Å². The van der Waals surface area contributed by atoms with Gasteiger partial charge in [-0.1, -0.05) is 78.9 Å². The summed E-state index contributed by atoms with van der Waals surface area (Å²) >= 11 is 0. The summed E-state index contributed by atoms with van der Waals surface area (Å²) in [5, 5.41) is 3.10. The third-order valence-corrected chi connectivity index (χ3v) is 4.50. The van der Waals surface area contributed by atoms with E-state index in [9.17, 15) is 4.79 Å². The lowest BCUT2D eigenvalue weighted by Crippen LogP contribution is -2.43. The monoisotopic (exact) mass is 360 g/mol. The van der Waals surface area contributed by atoms with E-state index >= 15 is 0 Å². The van der Waals surface area contributed by atoms with Gasteiger partial charge in [-0.25, -0.2) is 0 Å². The highest BCUT2D eigenvalue weighted by atomic mass is 16.5. The lowest BCUT2D eigenvalue weighted by atomic mass is 9.97. The van der Waals surface area contributed by atoms with Gasteiger partial charge in [0.1, 0.15) is 5.75 Å². The fourth-order valence-electron chi connectivity index (χ4n) is 3.10. The Bertz CT molecular complexity index is 866. The zero-order chi connectivity index (χ0) is 19.1. The van der Waals surface area contributed by atoms with Crippen LogP contribution in [0.5, 0.6) is 5.75 Å². The van der Waals surface area contributed by atoms with Gasteiger partial charge in [0.05, 0.1) is 19.2 Å². The van der Waals surface area contributed by atoms with Gasteiger partial charge in [-0.3, -0.25) is 4.79 Å². The Morgan fingerprint density at radius 3 is 2.19 bits per heavy atom. The minimum atomic E-state index is -0.631. The van der Waals surface area contributed by atoms with Crippen LogP contribution in [-0.2, 0) is 11.2 Å². The number of ether oxygens (including phenoxy) is 1. The van der Waals surface area contributed by atoms with Crippen molar-refractivity contribution in [3.05, 3.63) is 102 Å². The first-order valence-electron chi connectivity index (χ1n) is 8.97. The number of carbonyl (C=O) groups excluding carboxylic acids is 1. The number of methoxy groups -OCH3 is 1. The molecule has 3 aromatic carbocycles. The normalized spacial score (nSPS) is 12.8. The zero-order valence-electron chi connectivity index (χ0n) is 15.3. The third-order valence-electron chi connectivity index (χ3n) is 4.50. The van der Waals surface area contributed by atoms with E-state index in [4.69, 9.17) is 10.5 Å². The number of benzene rings is 3. The lowest BCUT2D eigenvalue weighted by Gasteiger charge is -2.23. The smallest absolute Gasteiger partial charge is 0.238 e. The average molecular weight is 360 g/mol. The first-order valence-corrected chi connectivity index (χ1v) is 8.97. The summed E-state index contributed by atoms with van der Waals surface area (Å²) in [7, 11) is 1.63. The second-order valence-corrected chi connectivity index (χ2v) is 6.39. The Morgan fingerprint density at radius 1 is 0.926 bits per heavy atom. The predicted octanol–water partition coefficient (Wildman–Crippen LogP) is 3.47. The molecule has 2 atom stereocenters. The summed E-state index contributed by atoms with van der Waals surface area (Å²) in [5.41, 5.74) is 9.09. The van der Waals surface area contributed by atoms with Crippen molar-refractivity contribution >= 4 is 5.91 Å². The molecule has 3 aromatic rings. The van der Waals surface area contributed by atoms with E-state index in [2.05, 4.69) is 5.32 Å². The molecule has 0 saturated heterocycles. The molecule has 138 valence electrons. The van der Waals surface area contributed by atoms with Gasteiger partial charge in [0.2, 0.25) is 5.91 Å². The van der Waals surface area contributed by atoms with Crippen LogP contribution in [0.15, 0.2) is 84.9 Å². The Hall–Kier alpha value is -3.11. The number of rotatable bonds is 7. The second kappa shape index (κ2) is 9.01. The molecule has 0 spiro atoms. The van der Waals surface area contributed by atoms with Crippen LogP contribution in [0.2, 0.25) is 0 Å². The van der Waals surface area contributed by atoms with Gasteiger partial charge < -0.3 is 15.8 Å². The van der Waals surface area contributed by atoms with Gasteiger partial charge in [0, 0.05) is 5.56 Å². The SMILES string of the molecule is COc1ccccc1C(NC(=O)C(N)Cc1ccccc1)c1ccccc1. The Labute approximate surface area is 160 Å². The molecule has 0 fully saturated rings. The van der Waals surface area contributed by atoms with E-state index in [1.165, 1.54) is 0 Å². The van der Waals surface area contributed by atoms with Crippen molar-refractivity contribution in [3.63, 3.8) is 0 Å². The predicted molar refractivity (Wildman–Crippen MR) is 108 cm³/mol. The van der Waals surface area contributed by atoms with E-state index < -0.39 is 6.04 Å². The highest BCUT2D eigenvalue weighted by Gasteiger charge is 2.23. The van der Waals surface area contributed by atoms with Gasteiger partial charge in [-0.15, -0.1) is 0 Å². The molecule has 2 unspecified atom stereocenters. The summed E-state index contributed by atoms with van der Waals surface area (Å²) in [6.45, 7) is 0. The second-order valence-electron chi connectivity index (χ2n) is 6.39. The van der Waals surface area contributed by atoms with Crippen molar-refractivity contribution in [2.24, 2.45) is 5.73 Å². The third kappa shape index (κ3) is 4.74. The lowest BCUT2D eigenvalue weighted by molar-refractivity contribution is -0.122.